The Labute approximate surface area is 158 Å². The topological polar surface area (TPSA) is 83.1 Å². The van der Waals surface area contributed by atoms with Crippen molar-refractivity contribution in [2.24, 2.45) is 0 Å². The van der Waals surface area contributed by atoms with E-state index in [1.54, 1.807) is 46.9 Å². The molecule has 1 rings (SSSR count). The number of ether oxygens (including phenoxy) is 4. The molecular weight excluding hydrogens is 358 g/mol. The van der Waals surface area contributed by atoms with E-state index >= 15 is 0 Å². The molecule has 0 unspecified atom stereocenters. The fourth-order valence-corrected chi connectivity index (χ4v) is 2.91. The number of methoxy groups -OCH3 is 3. The molecule has 0 bridgehead atoms. The van der Waals surface area contributed by atoms with Crippen LogP contribution in [0.3, 0.4) is 0 Å². The number of amides is 1. The summed E-state index contributed by atoms with van der Waals surface area (Å²) in [6.07, 6.45) is -0.626. The lowest BCUT2D eigenvalue weighted by molar-refractivity contribution is -0.112. The van der Waals surface area contributed by atoms with Crippen LogP contribution in [0.25, 0.3) is 0 Å². The summed E-state index contributed by atoms with van der Waals surface area (Å²) in [6.45, 7) is 6.89. The van der Waals surface area contributed by atoms with E-state index in [2.05, 4.69) is 5.32 Å². The summed E-state index contributed by atoms with van der Waals surface area (Å²) in [6, 6.07) is 2.77. The maximum atomic E-state index is 12.3. The molecule has 1 N–H and O–H groups in total. The molecule has 8 heteroatoms. The van der Waals surface area contributed by atoms with Gasteiger partial charge in [0.05, 0.1) is 27.4 Å². The molecule has 0 spiro atoms. The van der Waals surface area contributed by atoms with Crippen LogP contribution in [0.2, 0.25) is 0 Å². The second-order valence-corrected chi connectivity index (χ2v) is 7.47. The van der Waals surface area contributed by atoms with Crippen LogP contribution in [0.1, 0.15) is 33.3 Å². The molecule has 7 nitrogen and oxygen atoms in total. The van der Waals surface area contributed by atoms with Gasteiger partial charge in [-0.05, 0) is 27.7 Å². The SMILES string of the molecule is COc1cc(OC)c(CSC(=O)[C@H](C)NC(=O)OC(C)(C)C)c(OC)c1. The van der Waals surface area contributed by atoms with Gasteiger partial charge in [0.25, 0.3) is 0 Å². The summed E-state index contributed by atoms with van der Waals surface area (Å²) in [4.78, 5) is 24.1. The quantitative estimate of drug-likeness (QED) is 0.770. The molecule has 0 aliphatic rings. The predicted octanol–water partition coefficient (Wildman–Crippen LogP) is 3.39. The molecule has 0 saturated carbocycles. The maximum Gasteiger partial charge on any atom is 0.408 e. The van der Waals surface area contributed by atoms with Gasteiger partial charge in [-0.3, -0.25) is 4.79 Å². The third kappa shape index (κ3) is 6.67. The van der Waals surface area contributed by atoms with Gasteiger partial charge in [-0.15, -0.1) is 0 Å². The minimum atomic E-state index is -0.690. The van der Waals surface area contributed by atoms with Gasteiger partial charge in [0.1, 0.15) is 22.8 Å². The third-order valence-corrected chi connectivity index (χ3v) is 4.33. The Balaban J connectivity index is 2.76. The number of hydrogen-bond acceptors (Lipinski definition) is 7. The lowest BCUT2D eigenvalue weighted by atomic mass is 10.2. The Morgan fingerprint density at radius 2 is 1.62 bits per heavy atom. The van der Waals surface area contributed by atoms with E-state index in [1.807, 2.05) is 0 Å². The Bertz CT molecular complexity index is 616. The van der Waals surface area contributed by atoms with Gasteiger partial charge in [0, 0.05) is 23.4 Å². The molecule has 1 atom stereocenters. The number of carbonyl (C=O) groups excluding carboxylic acids is 2. The van der Waals surface area contributed by atoms with Gasteiger partial charge in [0.2, 0.25) is 5.12 Å². The smallest absolute Gasteiger partial charge is 0.408 e. The van der Waals surface area contributed by atoms with Gasteiger partial charge in [-0.2, -0.15) is 0 Å². The highest BCUT2D eigenvalue weighted by Gasteiger charge is 2.22. The third-order valence-electron chi connectivity index (χ3n) is 3.26. The lowest BCUT2D eigenvalue weighted by Gasteiger charge is -2.21. The second-order valence-electron chi connectivity index (χ2n) is 6.49. The van der Waals surface area contributed by atoms with Crippen LogP contribution in [0, 0.1) is 0 Å². The molecule has 26 heavy (non-hydrogen) atoms. The Hall–Kier alpha value is -2.09. The van der Waals surface area contributed by atoms with E-state index in [0.29, 0.717) is 23.0 Å². The van der Waals surface area contributed by atoms with Gasteiger partial charge in [-0.1, -0.05) is 11.8 Å². The Kier molecular flexibility index (Phi) is 8.08. The van der Waals surface area contributed by atoms with Crippen molar-refractivity contribution in [3.05, 3.63) is 17.7 Å². The van der Waals surface area contributed by atoms with Gasteiger partial charge in [0.15, 0.2) is 0 Å². The van der Waals surface area contributed by atoms with Crippen LogP contribution < -0.4 is 19.5 Å². The second kappa shape index (κ2) is 9.56. The Morgan fingerprint density at radius 3 is 2.04 bits per heavy atom. The summed E-state index contributed by atoms with van der Waals surface area (Å²) in [5.74, 6) is 2.05. The van der Waals surface area contributed by atoms with Crippen molar-refractivity contribution in [1.29, 1.82) is 0 Å². The molecule has 0 heterocycles. The summed E-state index contributed by atoms with van der Waals surface area (Å²) >= 11 is 1.06. The standard InChI is InChI=1S/C18H27NO6S/c1-11(19-17(21)25-18(2,3)4)16(20)26-10-13-14(23-6)8-12(22-5)9-15(13)24-7/h8-9,11H,10H2,1-7H3,(H,19,21)/t11-/m0/s1. The monoisotopic (exact) mass is 385 g/mol. The highest BCUT2D eigenvalue weighted by molar-refractivity contribution is 8.13. The van der Waals surface area contributed by atoms with Crippen molar-refractivity contribution in [2.75, 3.05) is 21.3 Å². The van der Waals surface area contributed by atoms with Crippen LogP contribution in [0.4, 0.5) is 4.79 Å². The van der Waals surface area contributed by atoms with E-state index in [9.17, 15) is 9.59 Å². The average Bonchev–Trinajstić information content (AvgIpc) is 2.56. The van der Waals surface area contributed by atoms with Gasteiger partial charge < -0.3 is 24.3 Å². The lowest BCUT2D eigenvalue weighted by Crippen LogP contribution is -2.40. The highest BCUT2D eigenvalue weighted by Crippen LogP contribution is 2.36. The van der Waals surface area contributed by atoms with E-state index in [1.165, 1.54) is 14.2 Å². The largest absolute Gasteiger partial charge is 0.496 e. The highest BCUT2D eigenvalue weighted by atomic mass is 32.2. The first-order valence-corrected chi connectivity index (χ1v) is 9.04. The van der Waals surface area contributed by atoms with Crippen molar-refractivity contribution < 1.29 is 28.5 Å². The number of nitrogens with one attached hydrogen (secondary N) is 1. The molecule has 0 fully saturated rings. The molecule has 0 saturated heterocycles. The molecule has 146 valence electrons. The van der Waals surface area contributed by atoms with Crippen LogP contribution >= 0.6 is 11.8 Å². The summed E-state index contributed by atoms with van der Waals surface area (Å²) in [5, 5.41) is 2.34. The number of alkyl carbamates (subject to hydrolysis) is 1. The molecule has 0 aromatic heterocycles. The van der Waals surface area contributed by atoms with E-state index in [4.69, 9.17) is 18.9 Å². The number of hydrogen-bond donors (Lipinski definition) is 1. The molecule has 0 radical (unpaired) electrons. The minimum absolute atomic E-state index is 0.198. The summed E-state index contributed by atoms with van der Waals surface area (Å²) in [5.41, 5.74) is 0.114. The van der Waals surface area contributed by atoms with E-state index < -0.39 is 17.7 Å². The first kappa shape index (κ1) is 22.0. The van der Waals surface area contributed by atoms with E-state index in [-0.39, 0.29) is 5.12 Å². The minimum Gasteiger partial charge on any atom is -0.496 e. The fraction of sp³-hybridized carbons (Fsp3) is 0.556. The Morgan fingerprint density at radius 1 is 1.08 bits per heavy atom. The van der Waals surface area contributed by atoms with Gasteiger partial charge in [-0.25, -0.2) is 4.79 Å². The fourth-order valence-electron chi connectivity index (χ4n) is 2.03. The van der Waals surface area contributed by atoms with Crippen molar-refractivity contribution in [3.63, 3.8) is 0 Å². The maximum absolute atomic E-state index is 12.3. The molecule has 1 amide bonds. The molecule has 1 aromatic carbocycles. The predicted molar refractivity (Wildman–Crippen MR) is 101 cm³/mol. The molecule has 0 aliphatic carbocycles. The summed E-state index contributed by atoms with van der Waals surface area (Å²) in [7, 11) is 4.63. The molecule has 1 aromatic rings. The number of carbonyl (C=O) groups is 2. The first-order valence-electron chi connectivity index (χ1n) is 8.06. The number of benzene rings is 1. The van der Waals surface area contributed by atoms with Crippen molar-refractivity contribution in [3.8, 4) is 17.2 Å². The van der Waals surface area contributed by atoms with E-state index in [0.717, 1.165) is 17.3 Å². The van der Waals surface area contributed by atoms with Crippen molar-refractivity contribution >= 4 is 23.0 Å². The number of rotatable bonds is 7. The van der Waals surface area contributed by atoms with Gasteiger partial charge >= 0.3 is 6.09 Å². The normalized spacial score (nSPS) is 12.1. The van der Waals surface area contributed by atoms with Crippen LogP contribution in [-0.4, -0.2) is 44.2 Å². The average molecular weight is 385 g/mol. The zero-order valence-corrected chi connectivity index (χ0v) is 17.1. The van der Waals surface area contributed by atoms with Crippen molar-refractivity contribution in [2.45, 2.75) is 45.1 Å². The summed E-state index contributed by atoms with van der Waals surface area (Å²) < 4.78 is 21.1. The van der Waals surface area contributed by atoms with Crippen LogP contribution in [-0.2, 0) is 15.3 Å². The molecular formula is C18H27NO6S. The first-order chi connectivity index (χ1) is 12.1. The van der Waals surface area contributed by atoms with Crippen molar-refractivity contribution in [1.82, 2.24) is 5.32 Å². The molecule has 0 aliphatic heterocycles. The van der Waals surface area contributed by atoms with Crippen LogP contribution in [0.5, 0.6) is 17.2 Å². The number of thioether (sulfide) groups is 1. The van der Waals surface area contributed by atoms with Crippen LogP contribution in [0.15, 0.2) is 12.1 Å². The zero-order chi connectivity index (χ0) is 19.9. The zero-order valence-electron chi connectivity index (χ0n) is 16.3.